The smallest absolute Gasteiger partial charge is 0.193 e. The largest absolute Gasteiger partial charge is 0.373 e. The van der Waals surface area contributed by atoms with Crippen LogP contribution >= 0.6 is 24.0 Å². The van der Waals surface area contributed by atoms with E-state index in [4.69, 9.17) is 4.74 Å². The number of unbranched alkanes of at least 4 members (excludes halogenated alkanes) is 1. The van der Waals surface area contributed by atoms with E-state index in [0.717, 1.165) is 45.0 Å². The van der Waals surface area contributed by atoms with Crippen LogP contribution in [0.25, 0.3) is 0 Å². The first kappa shape index (κ1) is 23.7. The maximum atomic E-state index is 5.85. The number of nitrogens with zero attached hydrogens (tertiary/aromatic N) is 3. The number of ether oxygens (including phenoxy) is 1. The number of nitrogens with one attached hydrogen (secondary N) is 1. The van der Waals surface area contributed by atoms with E-state index in [-0.39, 0.29) is 29.5 Å². The Labute approximate surface area is 165 Å². The number of hydrogen-bond acceptors (Lipinski definition) is 3. The molecule has 0 saturated carbocycles. The van der Waals surface area contributed by atoms with Crippen LogP contribution in [0.2, 0.25) is 0 Å². The predicted octanol–water partition coefficient (Wildman–Crippen LogP) is 2.97. The van der Waals surface area contributed by atoms with E-state index in [1.165, 1.54) is 0 Å². The molecule has 6 heteroatoms. The van der Waals surface area contributed by atoms with Crippen LogP contribution in [0.5, 0.6) is 0 Å². The molecule has 1 N–H and O–H groups in total. The fourth-order valence-corrected chi connectivity index (χ4v) is 3.04. The highest BCUT2D eigenvalue weighted by Gasteiger charge is 2.33. The summed E-state index contributed by atoms with van der Waals surface area (Å²) in [6.07, 6.45) is 4.69. The maximum absolute atomic E-state index is 5.85. The standard InChI is InChI=1S/C18H36N4O.HI/c1-8-9-10-11-21(7)17(19-6)20-14-18(4,5)22-12-15(2)23-16(3)13-22;/h8,15-16H,1,9-14H2,2-7H3,(H,19,20);1H. The average Bonchev–Trinajstić information content (AvgIpc) is 2.47. The van der Waals surface area contributed by atoms with Crippen molar-refractivity contribution in [3.63, 3.8) is 0 Å². The summed E-state index contributed by atoms with van der Waals surface area (Å²) in [7, 11) is 3.93. The highest BCUT2D eigenvalue weighted by atomic mass is 127. The van der Waals surface area contributed by atoms with E-state index in [0.29, 0.717) is 12.2 Å². The molecule has 0 spiro atoms. The molecule has 1 saturated heterocycles. The molecule has 0 aromatic heterocycles. The highest BCUT2D eigenvalue weighted by Crippen LogP contribution is 2.20. The Morgan fingerprint density at radius 1 is 1.38 bits per heavy atom. The van der Waals surface area contributed by atoms with E-state index in [9.17, 15) is 0 Å². The number of morpholine rings is 1. The van der Waals surface area contributed by atoms with Gasteiger partial charge in [0.1, 0.15) is 0 Å². The van der Waals surface area contributed by atoms with Crippen molar-refractivity contribution in [1.82, 2.24) is 15.1 Å². The van der Waals surface area contributed by atoms with Gasteiger partial charge in [-0.1, -0.05) is 6.08 Å². The molecule has 0 aliphatic carbocycles. The second-order valence-electron chi connectivity index (χ2n) is 7.23. The van der Waals surface area contributed by atoms with Crippen molar-refractivity contribution in [2.24, 2.45) is 4.99 Å². The molecule has 0 aromatic carbocycles. The molecule has 1 aliphatic rings. The van der Waals surface area contributed by atoms with Gasteiger partial charge in [0.05, 0.1) is 12.2 Å². The molecular weight excluding hydrogens is 415 g/mol. The number of guanidine groups is 1. The molecule has 1 heterocycles. The predicted molar refractivity (Wildman–Crippen MR) is 114 cm³/mol. The Kier molecular flexibility index (Phi) is 11.1. The lowest BCUT2D eigenvalue weighted by atomic mass is 10.00. The number of halogens is 1. The Balaban J connectivity index is 0.00000529. The van der Waals surface area contributed by atoms with Crippen LogP contribution < -0.4 is 5.32 Å². The zero-order valence-corrected chi connectivity index (χ0v) is 18.7. The van der Waals surface area contributed by atoms with Crippen LogP contribution in [0.1, 0.15) is 40.5 Å². The molecule has 24 heavy (non-hydrogen) atoms. The van der Waals surface area contributed by atoms with E-state index in [1.54, 1.807) is 0 Å². The molecule has 1 rings (SSSR count). The summed E-state index contributed by atoms with van der Waals surface area (Å²) in [6, 6.07) is 0. The lowest BCUT2D eigenvalue weighted by Gasteiger charge is -2.45. The first-order valence-corrected chi connectivity index (χ1v) is 8.73. The van der Waals surface area contributed by atoms with Gasteiger partial charge in [-0.3, -0.25) is 9.89 Å². The van der Waals surface area contributed by atoms with Gasteiger partial charge in [0, 0.05) is 45.8 Å². The fourth-order valence-electron chi connectivity index (χ4n) is 3.04. The van der Waals surface area contributed by atoms with Crippen LogP contribution in [-0.2, 0) is 4.74 Å². The summed E-state index contributed by atoms with van der Waals surface area (Å²) in [4.78, 5) is 9.11. The van der Waals surface area contributed by atoms with Gasteiger partial charge in [0.2, 0.25) is 0 Å². The molecule has 5 nitrogen and oxygen atoms in total. The lowest BCUT2D eigenvalue weighted by Crippen LogP contribution is -2.59. The minimum atomic E-state index is 0. The fraction of sp³-hybridized carbons (Fsp3) is 0.833. The van der Waals surface area contributed by atoms with E-state index >= 15 is 0 Å². The van der Waals surface area contributed by atoms with Gasteiger partial charge in [-0.2, -0.15) is 0 Å². The topological polar surface area (TPSA) is 40.1 Å². The van der Waals surface area contributed by atoms with Gasteiger partial charge in [-0.25, -0.2) is 0 Å². The molecule has 0 radical (unpaired) electrons. The second-order valence-corrected chi connectivity index (χ2v) is 7.23. The summed E-state index contributed by atoms with van der Waals surface area (Å²) in [5, 5.41) is 3.53. The second kappa shape index (κ2) is 11.3. The number of allylic oxidation sites excluding steroid dienone is 1. The van der Waals surface area contributed by atoms with E-state index < -0.39 is 0 Å². The van der Waals surface area contributed by atoms with Crippen LogP contribution in [0, 0.1) is 0 Å². The third-order valence-corrected chi connectivity index (χ3v) is 4.43. The summed E-state index contributed by atoms with van der Waals surface area (Å²) in [5.74, 6) is 0.955. The van der Waals surface area contributed by atoms with Gasteiger partial charge in [-0.15, -0.1) is 30.6 Å². The third-order valence-electron chi connectivity index (χ3n) is 4.43. The van der Waals surface area contributed by atoms with Crippen LogP contribution in [-0.4, -0.2) is 73.8 Å². The van der Waals surface area contributed by atoms with Crippen molar-refractivity contribution in [3.8, 4) is 0 Å². The Morgan fingerprint density at radius 3 is 2.46 bits per heavy atom. The Morgan fingerprint density at radius 2 is 1.96 bits per heavy atom. The Hall–Kier alpha value is -0.340. The van der Waals surface area contributed by atoms with Crippen molar-refractivity contribution in [2.45, 2.75) is 58.3 Å². The molecule has 0 aromatic rings. The summed E-state index contributed by atoms with van der Waals surface area (Å²) < 4.78 is 5.85. The van der Waals surface area contributed by atoms with E-state index in [1.807, 2.05) is 13.1 Å². The molecule has 0 bridgehead atoms. The first-order valence-electron chi connectivity index (χ1n) is 8.73. The summed E-state index contributed by atoms with van der Waals surface area (Å²) in [6.45, 7) is 16.5. The van der Waals surface area contributed by atoms with Crippen molar-refractivity contribution in [2.75, 3.05) is 40.3 Å². The van der Waals surface area contributed by atoms with Gasteiger partial charge in [0.15, 0.2) is 5.96 Å². The molecule has 1 fully saturated rings. The number of aliphatic imine (C=N–C) groups is 1. The highest BCUT2D eigenvalue weighted by molar-refractivity contribution is 14.0. The number of rotatable bonds is 7. The zero-order chi connectivity index (χ0) is 17.5. The molecule has 2 atom stereocenters. The number of hydrogen-bond donors (Lipinski definition) is 1. The summed E-state index contributed by atoms with van der Waals surface area (Å²) in [5.41, 5.74) is 0.0597. The van der Waals surface area contributed by atoms with Crippen LogP contribution in [0.3, 0.4) is 0 Å². The normalized spacial score (nSPS) is 22.7. The molecule has 142 valence electrons. The lowest BCUT2D eigenvalue weighted by molar-refractivity contribution is -0.0947. The van der Waals surface area contributed by atoms with E-state index in [2.05, 4.69) is 61.4 Å². The molecule has 0 amide bonds. The van der Waals surface area contributed by atoms with Crippen molar-refractivity contribution < 1.29 is 4.74 Å². The average molecular weight is 452 g/mol. The SMILES string of the molecule is C=CCCCN(C)C(=NC)NCC(C)(C)N1CC(C)OC(C)C1.I. The monoisotopic (exact) mass is 452 g/mol. The molecule has 2 unspecified atom stereocenters. The minimum absolute atomic E-state index is 0. The molecule has 1 aliphatic heterocycles. The van der Waals surface area contributed by atoms with Gasteiger partial charge < -0.3 is 15.0 Å². The van der Waals surface area contributed by atoms with Crippen molar-refractivity contribution in [3.05, 3.63) is 12.7 Å². The van der Waals surface area contributed by atoms with Crippen LogP contribution in [0.15, 0.2) is 17.6 Å². The van der Waals surface area contributed by atoms with Gasteiger partial charge in [-0.05, 0) is 40.5 Å². The minimum Gasteiger partial charge on any atom is -0.373 e. The molecular formula is C18H37IN4O. The Bertz CT molecular complexity index is 390. The quantitative estimate of drug-likeness (QED) is 0.212. The van der Waals surface area contributed by atoms with Crippen LogP contribution in [0.4, 0.5) is 0 Å². The maximum Gasteiger partial charge on any atom is 0.193 e. The summed E-state index contributed by atoms with van der Waals surface area (Å²) >= 11 is 0. The van der Waals surface area contributed by atoms with Gasteiger partial charge in [0.25, 0.3) is 0 Å². The first-order chi connectivity index (χ1) is 10.8. The third kappa shape index (κ3) is 7.70. The van der Waals surface area contributed by atoms with Gasteiger partial charge >= 0.3 is 0 Å². The van der Waals surface area contributed by atoms with Crippen molar-refractivity contribution >= 4 is 29.9 Å². The zero-order valence-electron chi connectivity index (χ0n) is 16.3. The van der Waals surface area contributed by atoms with Crippen molar-refractivity contribution in [1.29, 1.82) is 0 Å².